The maximum Gasteiger partial charge on any atom is 0.192 e. The van der Waals surface area contributed by atoms with Crippen molar-refractivity contribution in [2.45, 2.75) is 39.7 Å². The molecule has 2 atom stereocenters. The van der Waals surface area contributed by atoms with Gasteiger partial charge in [0, 0.05) is 10.6 Å². The first-order valence-corrected chi connectivity index (χ1v) is 7.32. The van der Waals surface area contributed by atoms with Crippen LogP contribution in [0.4, 0.5) is 0 Å². The van der Waals surface area contributed by atoms with Crippen molar-refractivity contribution in [3.05, 3.63) is 33.8 Å². The molecule has 0 aliphatic carbocycles. The second kappa shape index (κ2) is 7.88. The van der Waals surface area contributed by atoms with Crippen molar-refractivity contribution in [3.63, 3.8) is 0 Å². The van der Waals surface area contributed by atoms with E-state index in [4.69, 9.17) is 27.9 Å². The zero-order valence-corrected chi connectivity index (χ0v) is 13.1. The summed E-state index contributed by atoms with van der Waals surface area (Å²) in [6.45, 7) is 6.60. The first kappa shape index (κ1) is 16.5. The largest absolute Gasteiger partial charge is 0.370 e. The Morgan fingerprint density at radius 2 is 2.00 bits per heavy atom. The standard InChI is InChI=1S/C15H20Cl2O2/c1-4-5-10(2)9-19-11(3)15(18)13-7-6-12(16)8-14(13)17/h6-8,10-11H,4-5,9H2,1-3H3. The van der Waals surface area contributed by atoms with Crippen LogP contribution in [0, 0.1) is 5.92 Å². The lowest BCUT2D eigenvalue weighted by Crippen LogP contribution is -2.23. The van der Waals surface area contributed by atoms with Crippen molar-refractivity contribution in [3.8, 4) is 0 Å². The van der Waals surface area contributed by atoms with E-state index >= 15 is 0 Å². The summed E-state index contributed by atoms with van der Waals surface area (Å²) in [5, 5.41) is 0.890. The number of hydrogen-bond donors (Lipinski definition) is 0. The molecule has 0 aliphatic rings. The Morgan fingerprint density at radius 1 is 1.32 bits per heavy atom. The number of Topliss-reactive ketones (excluding diaryl/α,β-unsaturated/α-hetero) is 1. The van der Waals surface area contributed by atoms with Crippen LogP contribution >= 0.6 is 23.2 Å². The Labute approximate surface area is 125 Å². The van der Waals surface area contributed by atoms with Crippen LogP contribution in [-0.4, -0.2) is 18.5 Å². The lowest BCUT2D eigenvalue weighted by atomic mass is 10.1. The third-order valence-corrected chi connectivity index (χ3v) is 3.53. The number of ether oxygens (including phenoxy) is 1. The van der Waals surface area contributed by atoms with E-state index in [9.17, 15) is 4.79 Å². The number of rotatable bonds is 7. The summed E-state index contributed by atoms with van der Waals surface area (Å²) in [6, 6.07) is 4.87. The molecule has 0 spiro atoms. The highest BCUT2D eigenvalue weighted by Crippen LogP contribution is 2.23. The van der Waals surface area contributed by atoms with E-state index < -0.39 is 6.10 Å². The van der Waals surface area contributed by atoms with E-state index in [1.54, 1.807) is 25.1 Å². The smallest absolute Gasteiger partial charge is 0.192 e. The maximum absolute atomic E-state index is 12.2. The zero-order valence-electron chi connectivity index (χ0n) is 11.6. The van der Waals surface area contributed by atoms with Gasteiger partial charge in [-0.3, -0.25) is 4.79 Å². The third-order valence-electron chi connectivity index (χ3n) is 2.98. The van der Waals surface area contributed by atoms with Crippen LogP contribution in [0.2, 0.25) is 10.0 Å². The molecule has 0 N–H and O–H groups in total. The number of ketones is 1. The first-order valence-electron chi connectivity index (χ1n) is 6.56. The molecule has 0 heterocycles. The van der Waals surface area contributed by atoms with Gasteiger partial charge in [-0.15, -0.1) is 0 Å². The zero-order chi connectivity index (χ0) is 14.4. The van der Waals surface area contributed by atoms with Crippen LogP contribution in [0.15, 0.2) is 18.2 Å². The number of benzene rings is 1. The van der Waals surface area contributed by atoms with Crippen LogP contribution in [0.5, 0.6) is 0 Å². The van der Waals surface area contributed by atoms with Gasteiger partial charge in [0.05, 0.1) is 11.6 Å². The fourth-order valence-electron chi connectivity index (χ4n) is 1.87. The Hall–Kier alpha value is -0.570. The number of hydrogen-bond acceptors (Lipinski definition) is 2. The Kier molecular flexibility index (Phi) is 6.84. The summed E-state index contributed by atoms with van der Waals surface area (Å²) < 4.78 is 5.62. The summed E-state index contributed by atoms with van der Waals surface area (Å²) in [5.74, 6) is 0.353. The molecule has 0 aromatic heterocycles. The molecule has 106 valence electrons. The van der Waals surface area contributed by atoms with Crippen molar-refractivity contribution in [2.75, 3.05) is 6.61 Å². The van der Waals surface area contributed by atoms with Gasteiger partial charge in [-0.1, -0.05) is 43.5 Å². The van der Waals surface area contributed by atoms with Crippen LogP contribution in [-0.2, 0) is 4.74 Å². The molecule has 0 fully saturated rings. The number of carbonyl (C=O) groups is 1. The quantitative estimate of drug-likeness (QED) is 0.661. The van der Waals surface area contributed by atoms with Gasteiger partial charge in [0.1, 0.15) is 6.10 Å². The predicted molar refractivity (Wildman–Crippen MR) is 80.3 cm³/mol. The average molecular weight is 303 g/mol. The van der Waals surface area contributed by atoms with E-state index in [0.29, 0.717) is 28.1 Å². The molecule has 1 rings (SSSR count). The molecule has 0 aliphatic heterocycles. The second-order valence-electron chi connectivity index (χ2n) is 4.86. The van der Waals surface area contributed by atoms with E-state index in [2.05, 4.69) is 13.8 Å². The van der Waals surface area contributed by atoms with Gasteiger partial charge in [0.2, 0.25) is 0 Å². The molecular formula is C15H20Cl2O2. The first-order chi connectivity index (χ1) is 8.95. The van der Waals surface area contributed by atoms with Crippen LogP contribution in [0.3, 0.4) is 0 Å². The Morgan fingerprint density at radius 3 is 2.58 bits per heavy atom. The van der Waals surface area contributed by atoms with Crippen LogP contribution in [0.1, 0.15) is 44.0 Å². The molecule has 0 radical (unpaired) electrons. The number of halogens is 2. The van der Waals surface area contributed by atoms with Gasteiger partial charge in [0.15, 0.2) is 5.78 Å². The van der Waals surface area contributed by atoms with Crippen molar-refractivity contribution in [2.24, 2.45) is 5.92 Å². The van der Waals surface area contributed by atoms with Gasteiger partial charge >= 0.3 is 0 Å². The van der Waals surface area contributed by atoms with E-state index in [-0.39, 0.29) is 5.78 Å². The minimum atomic E-state index is -0.488. The minimum Gasteiger partial charge on any atom is -0.370 e. The Balaban J connectivity index is 2.61. The van der Waals surface area contributed by atoms with E-state index in [0.717, 1.165) is 12.8 Å². The average Bonchev–Trinajstić information content (AvgIpc) is 2.35. The van der Waals surface area contributed by atoms with Crippen molar-refractivity contribution in [1.82, 2.24) is 0 Å². The fraction of sp³-hybridized carbons (Fsp3) is 0.533. The monoisotopic (exact) mass is 302 g/mol. The molecule has 0 amide bonds. The summed E-state index contributed by atoms with van der Waals surface area (Å²) >= 11 is 11.8. The fourth-order valence-corrected chi connectivity index (χ4v) is 2.37. The summed E-state index contributed by atoms with van der Waals surface area (Å²) in [5.41, 5.74) is 0.460. The molecular weight excluding hydrogens is 283 g/mol. The highest BCUT2D eigenvalue weighted by Gasteiger charge is 2.19. The lowest BCUT2D eigenvalue weighted by molar-refractivity contribution is 0.0354. The van der Waals surface area contributed by atoms with E-state index in [1.165, 1.54) is 0 Å². The van der Waals surface area contributed by atoms with Crippen molar-refractivity contribution in [1.29, 1.82) is 0 Å². The van der Waals surface area contributed by atoms with Gasteiger partial charge in [-0.25, -0.2) is 0 Å². The summed E-state index contributed by atoms with van der Waals surface area (Å²) in [7, 11) is 0. The summed E-state index contributed by atoms with van der Waals surface area (Å²) in [4.78, 5) is 12.2. The summed E-state index contributed by atoms with van der Waals surface area (Å²) in [6.07, 6.45) is 1.73. The van der Waals surface area contributed by atoms with Gasteiger partial charge < -0.3 is 4.74 Å². The van der Waals surface area contributed by atoms with Crippen LogP contribution in [0.25, 0.3) is 0 Å². The molecule has 2 nitrogen and oxygen atoms in total. The SMILES string of the molecule is CCCC(C)COC(C)C(=O)c1ccc(Cl)cc1Cl. The van der Waals surface area contributed by atoms with Gasteiger partial charge in [-0.2, -0.15) is 0 Å². The lowest BCUT2D eigenvalue weighted by Gasteiger charge is -2.16. The third kappa shape index (κ3) is 5.13. The molecule has 1 aromatic rings. The van der Waals surface area contributed by atoms with Gasteiger partial charge in [0.25, 0.3) is 0 Å². The topological polar surface area (TPSA) is 26.3 Å². The highest BCUT2D eigenvalue weighted by molar-refractivity contribution is 6.37. The maximum atomic E-state index is 12.2. The minimum absolute atomic E-state index is 0.106. The molecule has 0 saturated heterocycles. The number of carbonyl (C=O) groups excluding carboxylic acids is 1. The van der Waals surface area contributed by atoms with Crippen LogP contribution < -0.4 is 0 Å². The second-order valence-corrected chi connectivity index (χ2v) is 5.70. The van der Waals surface area contributed by atoms with Crippen molar-refractivity contribution < 1.29 is 9.53 Å². The molecule has 0 bridgehead atoms. The van der Waals surface area contributed by atoms with E-state index in [1.807, 2.05) is 0 Å². The normalized spacial score (nSPS) is 14.2. The molecule has 1 aromatic carbocycles. The highest BCUT2D eigenvalue weighted by atomic mass is 35.5. The molecule has 2 unspecified atom stereocenters. The van der Waals surface area contributed by atoms with Gasteiger partial charge in [-0.05, 0) is 37.5 Å². The molecule has 4 heteroatoms. The Bertz CT molecular complexity index is 432. The molecule has 19 heavy (non-hydrogen) atoms. The molecule has 0 saturated carbocycles. The predicted octanol–water partition coefficient (Wildman–Crippen LogP) is 5.02. The van der Waals surface area contributed by atoms with Crippen molar-refractivity contribution >= 4 is 29.0 Å².